The van der Waals surface area contributed by atoms with Gasteiger partial charge in [0.05, 0.1) is 11.2 Å². The number of hydrogen-bond donors (Lipinski definition) is 0. The van der Waals surface area contributed by atoms with Gasteiger partial charge in [-0.25, -0.2) is 4.79 Å². The smallest absolute Gasteiger partial charge is 0.415 e. The lowest BCUT2D eigenvalue weighted by atomic mass is 9.89. The van der Waals surface area contributed by atoms with Crippen molar-refractivity contribution >= 4 is 33.3 Å². The number of allylic oxidation sites excluding steroid dienone is 1. The van der Waals surface area contributed by atoms with E-state index in [0.29, 0.717) is 0 Å². The van der Waals surface area contributed by atoms with Crippen LogP contribution < -0.4 is 4.90 Å². The van der Waals surface area contributed by atoms with Crippen LogP contribution >= 0.6 is 15.9 Å². The zero-order valence-electron chi connectivity index (χ0n) is 13.5. The number of nitrogens with zero attached hydrogens (tertiary/aromatic N) is 1. The maximum Gasteiger partial charge on any atom is 0.415 e. The molecule has 1 aromatic carbocycles. The summed E-state index contributed by atoms with van der Waals surface area (Å²) < 4.78 is 6.53. The Balaban J connectivity index is 2.54. The molecule has 0 atom stereocenters. The summed E-state index contributed by atoms with van der Waals surface area (Å²) in [5, 5.41) is 0. The van der Waals surface area contributed by atoms with Crippen LogP contribution in [0.2, 0.25) is 0 Å². The first-order valence-electron chi connectivity index (χ1n) is 7.04. The fourth-order valence-corrected chi connectivity index (χ4v) is 3.00. The van der Waals surface area contributed by atoms with Gasteiger partial charge in [-0.15, -0.1) is 0 Å². The van der Waals surface area contributed by atoms with Gasteiger partial charge in [0.2, 0.25) is 0 Å². The van der Waals surface area contributed by atoms with Gasteiger partial charge in [0.1, 0.15) is 5.60 Å². The first-order chi connectivity index (χ1) is 9.51. The predicted octanol–water partition coefficient (Wildman–Crippen LogP) is 5.39. The Bertz CT molecular complexity index is 612. The third-order valence-electron chi connectivity index (χ3n) is 3.35. The van der Waals surface area contributed by atoms with E-state index >= 15 is 0 Å². The molecule has 0 bridgehead atoms. The molecular formula is C17H22BrNO2. The van der Waals surface area contributed by atoms with E-state index in [9.17, 15) is 4.79 Å². The second-order valence-corrected chi connectivity index (χ2v) is 7.87. The minimum atomic E-state index is -0.518. The van der Waals surface area contributed by atoms with Crippen molar-refractivity contribution in [3.05, 3.63) is 34.3 Å². The zero-order valence-corrected chi connectivity index (χ0v) is 15.0. The Morgan fingerprint density at radius 1 is 1.29 bits per heavy atom. The monoisotopic (exact) mass is 351 g/mol. The van der Waals surface area contributed by atoms with E-state index in [0.717, 1.165) is 15.7 Å². The van der Waals surface area contributed by atoms with E-state index in [1.807, 2.05) is 52.8 Å². The molecule has 21 heavy (non-hydrogen) atoms. The molecule has 1 heterocycles. The highest BCUT2D eigenvalue weighted by Gasteiger charge is 2.38. The van der Waals surface area contributed by atoms with Crippen LogP contribution in [0.4, 0.5) is 10.5 Å². The second kappa shape index (κ2) is 5.16. The molecule has 0 N–H and O–H groups in total. The van der Waals surface area contributed by atoms with Gasteiger partial charge < -0.3 is 4.74 Å². The number of fused-ring (bicyclic) bond motifs is 1. The van der Waals surface area contributed by atoms with Gasteiger partial charge in [-0.3, -0.25) is 4.90 Å². The fraction of sp³-hybridized carbons (Fsp3) is 0.471. The van der Waals surface area contributed by atoms with E-state index in [1.54, 1.807) is 4.90 Å². The summed E-state index contributed by atoms with van der Waals surface area (Å²) in [4.78, 5) is 14.4. The van der Waals surface area contributed by atoms with Crippen LogP contribution in [-0.2, 0) is 4.74 Å². The third-order valence-corrected chi connectivity index (χ3v) is 3.84. The van der Waals surface area contributed by atoms with E-state index in [2.05, 4.69) is 28.9 Å². The molecule has 1 aliphatic heterocycles. The van der Waals surface area contributed by atoms with Gasteiger partial charge >= 0.3 is 6.09 Å². The van der Waals surface area contributed by atoms with Gasteiger partial charge in [0.25, 0.3) is 0 Å². The maximum atomic E-state index is 12.7. The van der Waals surface area contributed by atoms with Crippen molar-refractivity contribution in [1.82, 2.24) is 0 Å². The Hall–Kier alpha value is -1.29. The lowest BCUT2D eigenvalue weighted by Gasteiger charge is -2.41. The van der Waals surface area contributed by atoms with Crippen LogP contribution in [0.25, 0.3) is 5.57 Å². The normalized spacial score (nSPS) is 17.1. The molecule has 0 aliphatic carbocycles. The minimum absolute atomic E-state index is 0.324. The molecule has 0 unspecified atom stereocenters. The summed E-state index contributed by atoms with van der Waals surface area (Å²) in [6, 6.07) is 5.98. The van der Waals surface area contributed by atoms with Gasteiger partial charge in [0.15, 0.2) is 0 Å². The molecule has 0 aromatic heterocycles. The van der Waals surface area contributed by atoms with Crippen LogP contribution in [0, 0.1) is 0 Å². The SMILES string of the molecule is CC1=CC(C)(C)N(C(=O)OC(C)(C)C)c2cc(Br)ccc21. The summed E-state index contributed by atoms with van der Waals surface area (Å²) in [5.41, 5.74) is 2.16. The van der Waals surface area contributed by atoms with Crippen molar-refractivity contribution in [1.29, 1.82) is 0 Å². The molecule has 1 aromatic rings. The zero-order chi connectivity index (χ0) is 16.0. The van der Waals surface area contributed by atoms with Gasteiger partial charge in [-0.2, -0.15) is 0 Å². The van der Waals surface area contributed by atoms with Gasteiger partial charge in [-0.05, 0) is 59.2 Å². The molecule has 1 aliphatic rings. The first kappa shape index (κ1) is 16.1. The van der Waals surface area contributed by atoms with Crippen LogP contribution in [-0.4, -0.2) is 17.2 Å². The number of benzene rings is 1. The average Bonchev–Trinajstić information content (AvgIpc) is 2.23. The van der Waals surface area contributed by atoms with Crippen molar-refractivity contribution < 1.29 is 9.53 Å². The van der Waals surface area contributed by atoms with Crippen molar-refractivity contribution in [3.63, 3.8) is 0 Å². The lowest BCUT2D eigenvalue weighted by Crippen LogP contribution is -2.50. The number of rotatable bonds is 0. The van der Waals surface area contributed by atoms with E-state index < -0.39 is 11.1 Å². The molecule has 3 nitrogen and oxygen atoms in total. The lowest BCUT2D eigenvalue weighted by molar-refractivity contribution is 0.0556. The number of amides is 1. The summed E-state index contributed by atoms with van der Waals surface area (Å²) in [7, 11) is 0. The Labute approximate surface area is 135 Å². The summed E-state index contributed by atoms with van der Waals surface area (Å²) >= 11 is 3.49. The number of carbonyl (C=O) groups is 1. The largest absolute Gasteiger partial charge is 0.443 e. The molecule has 0 spiro atoms. The van der Waals surface area contributed by atoms with E-state index in [4.69, 9.17) is 4.74 Å². The van der Waals surface area contributed by atoms with Crippen LogP contribution in [0.15, 0.2) is 28.7 Å². The predicted molar refractivity (Wildman–Crippen MR) is 90.6 cm³/mol. The molecule has 0 saturated heterocycles. The van der Waals surface area contributed by atoms with Crippen molar-refractivity contribution in [2.24, 2.45) is 0 Å². The summed E-state index contributed by atoms with van der Waals surface area (Å²) in [5.74, 6) is 0. The fourth-order valence-electron chi connectivity index (χ4n) is 2.65. The van der Waals surface area contributed by atoms with Crippen LogP contribution in [0.3, 0.4) is 0 Å². The van der Waals surface area contributed by atoms with Crippen LogP contribution in [0.1, 0.15) is 47.1 Å². The van der Waals surface area contributed by atoms with E-state index in [-0.39, 0.29) is 6.09 Å². The number of carbonyl (C=O) groups excluding carboxylic acids is 1. The number of hydrogen-bond acceptors (Lipinski definition) is 2. The highest BCUT2D eigenvalue weighted by Crippen LogP contribution is 2.40. The standard InChI is InChI=1S/C17H22BrNO2/c1-11-10-17(5,6)19(15(20)21-16(2,3)4)14-9-12(18)7-8-13(11)14/h7-10H,1-6H3. The van der Waals surface area contributed by atoms with Crippen molar-refractivity contribution in [2.75, 3.05) is 4.90 Å². The molecule has 0 fully saturated rings. The molecular weight excluding hydrogens is 330 g/mol. The maximum absolute atomic E-state index is 12.7. The molecule has 4 heteroatoms. The number of ether oxygens (including phenoxy) is 1. The van der Waals surface area contributed by atoms with Crippen molar-refractivity contribution in [2.45, 2.75) is 52.7 Å². The number of anilines is 1. The summed E-state index contributed by atoms with van der Waals surface area (Å²) in [6.45, 7) is 11.7. The Kier molecular flexibility index (Phi) is 3.96. The molecule has 114 valence electrons. The minimum Gasteiger partial charge on any atom is -0.443 e. The van der Waals surface area contributed by atoms with Crippen molar-refractivity contribution in [3.8, 4) is 0 Å². The van der Waals surface area contributed by atoms with E-state index in [1.165, 1.54) is 5.57 Å². The number of halogens is 1. The quantitative estimate of drug-likeness (QED) is 0.627. The highest BCUT2D eigenvalue weighted by atomic mass is 79.9. The molecule has 1 amide bonds. The molecule has 2 rings (SSSR count). The van der Waals surface area contributed by atoms with Gasteiger partial charge in [-0.1, -0.05) is 28.1 Å². The second-order valence-electron chi connectivity index (χ2n) is 6.96. The Morgan fingerprint density at radius 2 is 1.90 bits per heavy atom. The van der Waals surface area contributed by atoms with Crippen LogP contribution in [0.5, 0.6) is 0 Å². The molecule has 0 radical (unpaired) electrons. The first-order valence-corrected chi connectivity index (χ1v) is 7.83. The van der Waals surface area contributed by atoms with Gasteiger partial charge in [0, 0.05) is 10.0 Å². The topological polar surface area (TPSA) is 29.5 Å². The summed E-state index contributed by atoms with van der Waals surface area (Å²) in [6.07, 6.45) is 1.78. The molecule has 0 saturated carbocycles. The third kappa shape index (κ3) is 3.31. The Morgan fingerprint density at radius 3 is 2.48 bits per heavy atom. The average molecular weight is 352 g/mol. The highest BCUT2D eigenvalue weighted by molar-refractivity contribution is 9.10.